The molecule has 0 spiro atoms. The maximum absolute atomic E-state index is 14.6. The van der Waals surface area contributed by atoms with Crippen LogP contribution in [0.2, 0.25) is 0 Å². The minimum atomic E-state index is -0.247. The first-order chi connectivity index (χ1) is 24.2. The molecule has 1 aliphatic heterocycles. The summed E-state index contributed by atoms with van der Waals surface area (Å²) in [6.07, 6.45) is 18.7. The van der Waals surface area contributed by atoms with Crippen molar-refractivity contribution in [3.05, 3.63) is 128 Å². The van der Waals surface area contributed by atoms with Gasteiger partial charge in [-0.05, 0) is 105 Å². The highest BCUT2D eigenvalue weighted by atomic mass is 32.1. The number of carbonyl (C=O) groups excluding carboxylic acids is 2. The van der Waals surface area contributed by atoms with Crippen LogP contribution in [0.4, 0.5) is 5.69 Å². The number of para-hydroxylation sites is 1. The summed E-state index contributed by atoms with van der Waals surface area (Å²) in [5.74, 6) is -0.194. The Bertz CT molecular complexity index is 2230. The number of imide groups is 1. The summed E-state index contributed by atoms with van der Waals surface area (Å²) >= 11 is 1.93. The molecule has 50 heavy (non-hydrogen) atoms. The Labute approximate surface area is 300 Å². The molecule has 1 aromatic heterocycles. The number of benzene rings is 4. The molecule has 0 N–H and O–H groups in total. The summed E-state index contributed by atoms with van der Waals surface area (Å²) < 4.78 is 0. The van der Waals surface area contributed by atoms with Gasteiger partial charge in [0.2, 0.25) is 0 Å². The Morgan fingerprint density at radius 2 is 1.52 bits per heavy atom. The molecule has 4 heteroatoms. The Balaban J connectivity index is 1.40. The molecule has 3 nitrogen and oxygen atoms in total. The Morgan fingerprint density at radius 3 is 2.18 bits per heavy atom. The first kappa shape index (κ1) is 33.9. The fraction of sp³-hybridized carbons (Fsp3) is 0.304. The lowest BCUT2D eigenvalue weighted by Gasteiger charge is -2.33. The van der Waals surface area contributed by atoms with Gasteiger partial charge in [-0.3, -0.25) is 9.59 Å². The number of aryl methyl sites for hydroxylation is 1. The molecular formula is C46H47NO2S. The van der Waals surface area contributed by atoms with Crippen LogP contribution < -0.4 is 10.1 Å². The van der Waals surface area contributed by atoms with Crippen LogP contribution in [0.5, 0.6) is 0 Å². The van der Waals surface area contributed by atoms with E-state index in [0.29, 0.717) is 11.1 Å². The molecule has 7 rings (SSSR count). The van der Waals surface area contributed by atoms with Crippen LogP contribution in [0, 0.1) is 0 Å². The second kappa shape index (κ2) is 14.0. The number of hydrogen-bond donors (Lipinski definition) is 0. The van der Waals surface area contributed by atoms with Gasteiger partial charge < -0.3 is 0 Å². The lowest BCUT2D eigenvalue weighted by atomic mass is 9.81. The number of amides is 2. The Hall–Kier alpha value is -4.54. The molecule has 2 amide bonds. The van der Waals surface area contributed by atoms with E-state index in [-0.39, 0.29) is 23.7 Å². The third kappa shape index (κ3) is 5.78. The van der Waals surface area contributed by atoms with Crippen LogP contribution >= 0.6 is 11.3 Å². The number of nitrogens with zero attached hydrogens (tertiary/aromatic N) is 1. The summed E-state index contributed by atoms with van der Waals surface area (Å²) in [6.45, 7) is 14.7. The minimum Gasteiger partial charge on any atom is -0.268 e. The van der Waals surface area contributed by atoms with Crippen LogP contribution in [0.3, 0.4) is 0 Å². The normalized spacial score (nSPS) is 14.4. The number of rotatable bonds is 12. The van der Waals surface area contributed by atoms with Gasteiger partial charge in [0, 0.05) is 32.7 Å². The summed E-state index contributed by atoms with van der Waals surface area (Å²) in [6, 6.07) is 18.9. The van der Waals surface area contributed by atoms with Crippen molar-refractivity contribution in [2.24, 2.45) is 0 Å². The standard InChI is InChI=1S/C46H47NO2S/c1-7-9-11-13-15-31-20-26-41(50-31)30-19-21-35-37-23-25-39-43-38(24-22-36(42(37)43)34(40(35)27-30)16-12-10-8-2)45(48)47(46(39)49)44-32(28(3)4)17-14-18-33(44)29(5)6/h8,12,14,16-26,28-29H,2,7,9-11,13,15,27H2,1,3-6H3. The van der Waals surface area contributed by atoms with Crippen molar-refractivity contribution in [1.82, 2.24) is 0 Å². The molecular weight excluding hydrogens is 631 g/mol. The van der Waals surface area contributed by atoms with Crippen LogP contribution in [-0.2, 0) is 12.8 Å². The number of fused-ring (bicyclic) bond motifs is 2. The number of allylic oxidation sites excluding steroid dienone is 4. The first-order valence-corrected chi connectivity index (χ1v) is 19.2. The molecule has 1 aliphatic carbocycles. The highest BCUT2D eigenvalue weighted by Crippen LogP contribution is 2.43. The van der Waals surface area contributed by atoms with E-state index < -0.39 is 0 Å². The third-order valence-electron chi connectivity index (χ3n) is 10.5. The topological polar surface area (TPSA) is 37.4 Å². The van der Waals surface area contributed by atoms with E-state index in [4.69, 9.17) is 0 Å². The van der Waals surface area contributed by atoms with E-state index in [1.807, 2.05) is 35.6 Å². The van der Waals surface area contributed by atoms with E-state index in [1.165, 1.54) is 56.7 Å². The zero-order valence-corrected chi connectivity index (χ0v) is 30.9. The summed E-state index contributed by atoms with van der Waals surface area (Å²) in [4.78, 5) is 33.5. The van der Waals surface area contributed by atoms with E-state index >= 15 is 0 Å². The quantitative estimate of drug-likeness (QED) is 0.0749. The molecule has 5 aromatic rings. The van der Waals surface area contributed by atoms with Crippen molar-refractivity contribution >= 4 is 68.1 Å². The summed E-state index contributed by atoms with van der Waals surface area (Å²) in [5, 5.41) is 5.12. The van der Waals surface area contributed by atoms with E-state index in [0.717, 1.165) is 63.2 Å². The van der Waals surface area contributed by atoms with Gasteiger partial charge in [0.05, 0.1) is 5.69 Å². The number of unbranched alkanes of at least 4 members (excludes halogenated alkanes) is 3. The summed E-state index contributed by atoms with van der Waals surface area (Å²) in [7, 11) is 0. The fourth-order valence-corrected chi connectivity index (χ4v) is 9.02. The van der Waals surface area contributed by atoms with Crippen LogP contribution in [0.1, 0.15) is 131 Å². The zero-order chi connectivity index (χ0) is 35.1. The minimum absolute atomic E-state index is 0.150. The molecule has 0 bridgehead atoms. The van der Waals surface area contributed by atoms with Crippen molar-refractivity contribution in [1.29, 1.82) is 0 Å². The molecule has 0 atom stereocenters. The molecule has 0 unspecified atom stereocenters. The van der Waals surface area contributed by atoms with E-state index in [9.17, 15) is 9.59 Å². The highest BCUT2D eigenvalue weighted by Gasteiger charge is 2.38. The van der Waals surface area contributed by atoms with Gasteiger partial charge in [-0.15, -0.1) is 17.9 Å². The first-order valence-electron chi connectivity index (χ1n) is 18.4. The van der Waals surface area contributed by atoms with Crippen molar-refractivity contribution in [3.63, 3.8) is 0 Å². The van der Waals surface area contributed by atoms with Gasteiger partial charge in [0.25, 0.3) is 11.8 Å². The Morgan fingerprint density at radius 1 is 0.820 bits per heavy atom. The average molecular weight is 678 g/mol. The predicted octanol–water partition coefficient (Wildman–Crippen LogP) is 12.0. The predicted molar refractivity (Wildman–Crippen MR) is 215 cm³/mol. The number of anilines is 1. The molecule has 2 aliphatic rings. The highest BCUT2D eigenvalue weighted by molar-refractivity contribution is 7.13. The number of carbonyl (C=O) groups is 2. The van der Waals surface area contributed by atoms with E-state index in [1.54, 1.807) is 0 Å². The Kier molecular flexibility index (Phi) is 9.50. The van der Waals surface area contributed by atoms with Crippen molar-refractivity contribution in [2.45, 2.75) is 91.4 Å². The monoisotopic (exact) mass is 677 g/mol. The maximum atomic E-state index is 14.6. The van der Waals surface area contributed by atoms with E-state index in [2.05, 4.69) is 102 Å². The molecule has 2 heterocycles. The second-order valence-corrected chi connectivity index (χ2v) is 15.6. The molecule has 0 saturated carbocycles. The molecule has 4 aromatic carbocycles. The molecule has 0 radical (unpaired) electrons. The van der Waals surface area contributed by atoms with Crippen LogP contribution in [0.25, 0.3) is 39.3 Å². The van der Waals surface area contributed by atoms with Gasteiger partial charge in [-0.2, -0.15) is 0 Å². The van der Waals surface area contributed by atoms with Gasteiger partial charge in [0.15, 0.2) is 0 Å². The SMILES string of the molecule is C=CCC=Cc1c2c(c3ccc4c5c(ccc1c53)C(=O)N(c1c(C(C)C)cccc1C(C)C)C4=O)=CC=C(c1ccc(CCCCCC)s1)C2. The lowest BCUT2D eigenvalue weighted by Crippen LogP contribution is -2.42. The zero-order valence-electron chi connectivity index (χ0n) is 30.1. The average Bonchev–Trinajstić information content (AvgIpc) is 3.59. The molecule has 0 fully saturated rings. The van der Waals surface area contributed by atoms with Crippen molar-refractivity contribution < 1.29 is 9.59 Å². The van der Waals surface area contributed by atoms with Crippen LogP contribution in [-0.4, -0.2) is 11.8 Å². The second-order valence-electron chi connectivity index (χ2n) is 14.5. The number of thiophene rings is 1. The van der Waals surface area contributed by atoms with Gasteiger partial charge >= 0.3 is 0 Å². The lowest BCUT2D eigenvalue weighted by molar-refractivity contribution is 0.0893. The van der Waals surface area contributed by atoms with Gasteiger partial charge in [-0.1, -0.05) is 115 Å². The van der Waals surface area contributed by atoms with Crippen molar-refractivity contribution in [3.8, 4) is 0 Å². The van der Waals surface area contributed by atoms with Crippen LogP contribution in [0.15, 0.2) is 79.4 Å². The van der Waals surface area contributed by atoms with Gasteiger partial charge in [0.1, 0.15) is 0 Å². The van der Waals surface area contributed by atoms with Gasteiger partial charge in [-0.25, -0.2) is 4.90 Å². The smallest absolute Gasteiger partial charge is 0.266 e. The van der Waals surface area contributed by atoms with Crippen molar-refractivity contribution in [2.75, 3.05) is 4.90 Å². The number of hydrogen-bond acceptors (Lipinski definition) is 3. The molecule has 0 saturated heterocycles. The fourth-order valence-electron chi connectivity index (χ4n) is 7.94. The third-order valence-corrected chi connectivity index (χ3v) is 11.7. The molecule has 254 valence electrons. The maximum Gasteiger partial charge on any atom is 0.266 e. The summed E-state index contributed by atoms with van der Waals surface area (Å²) in [5.41, 5.74) is 7.73. The largest absolute Gasteiger partial charge is 0.268 e.